The predicted molar refractivity (Wildman–Crippen MR) is 84.8 cm³/mol. The summed E-state index contributed by atoms with van der Waals surface area (Å²) in [6, 6.07) is 8.73. The zero-order valence-corrected chi connectivity index (χ0v) is 12.7. The minimum Gasteiger partial charge on any atom is -0.399 e. The van der Waals surface area contributed by atoms with Crippen LogP contribution in [0.4, 0.5) is 11.4 Å². The molecule has 1 fully saturated rings. The maximum Gasteiger partial charge on any atom is 0.267 e. The molecule has 3 N–H and O–H groups in total. The van der Waals surface area contributed by atoms with Crippen molar-refractivity contribution in [1.29, 1.82) is 5.26 Å². The van der Waals surface area contributed by atoms with Gasteiger partial charge in [0.1, 0.15) is 11.6 Å². The second-order valence-electron chi connectivity index (χ2n) is 5.44. The van der Waals surface area contributed by atoms with E-state index in [4.69, 9.17) is 10.5 Å². The van der Waals surface area contributed by atoms with Gasteiger partial charge in [-0.15, -0.1) is 0 Å². The number of nitrogen functional groups attached to an aromatic ring is 1. The standard InChI is InChI=1S/C16H20N4O2/c1-11-8-20(9-12(2)22-11)10-13(7-17)16(21)19-15-5-3-14(18)4-6-15/h3-6,10-12H,8-9,18H2,1-2H3,(H,19,21)/b13-10-. The molecule has 116 valence electrons. The molecule has 0 aromatic heterocycles. The Kier molecular flexibility index (Phi) is 5.02. The highest BCUT2D eigenvalue weighted by atomic mass is 16.5. The van der Waals surface area contributed by atoms with Crippen molar-refractivity contribution < 1.29 is 9.53 Å². The monoisotopic (exact) mass is 300 g/mol. The first-order valence-electron chi connectivity index (χ1n) is 7.16. The van der Waals surface area contributed by atoms with E-state index in [-0.39, 0.29) is 17.8 Å². The molecule has 1 aliphatic heterocycles. The molecule has 1 aromatic carbocycles. The number of amides is 1. The molecular formula is C16H20N4O2. The predicted octanol–water partition coefficient (Wildman–Crippen LogP) is 1.72. The van der Waals surface area contributed by atoms with Gasteiger partial charge in [-0.3, -0.25) is 4.79 Å². The second-order valence-corrected chi connectivity index (χ2v) is 5.44. The average Bonchev–Trinajstić information content (AvgIpc) is 2.46. The molecule has 6 heteroatoms. The number of nitrogens with two attached hydrogens (primary N) is 1. The van der Waals surface area contributed by atoms with Crippen molar-refractivity contribution in [3.8, 4) is 6.07 Å². The molecule has 2 atom stereocenters. The zero-order valence-electron chi connectivity index (χ0n) is 12.7. The molecule has 1 aromatic rings. The molecule has 1 heterocycles. The highest BCUT2D eigenvalue weighted by molar-refractivity contribution is 6.06. The molecule has 1 saturated heterocycles. The van der Waals surface area contributed by atoms with Crippen LogP contribution in [0, 0.1) is 11.3 Å². The Morgan fingerprint density at radius 2 is 1.95 bits per heavy atom. The quantitative estimate of drug-likeness (QED) is 0.504. The first-order chi connectivity index (χ1) is 10.5. The van der Waals surface area contributed by atoms with E-state index in [1.54, 1.807) is 30.5 Å². The van der Waals surface area contributed by atoms with Gasteiger partial charge in [-0.2, -0.15) is 5.26 Å². The number of benzene rings is 1. The van der Waals surface area contributed by atoms with Crippen molar-refractivity contribution >= 4 is 17.3 Å². The number of nitriles is 1. The highest BCUT2D eigenvalue weighted by Crippen LogP contribution is 2.14. The zero-order chi connectivity index (χ0) is 16.1. The lowest BCUT2D eigenvalue weighted by atomic mass is 10.2. The first kappa shape index (κ1) is 15.9. The van der Waals surface area contributed by atoms with Gasteiger partial charge in [0, 0.05) is 30.7 Å². The average molecular weight is 300 g/mol. The van der Waals surface area contributed by atoms with Crippen molar-refractivity contribution in [3.05, 3.63) is 36.0 Å². The van der Waals surface area contributed by atoms with Crippen molar-refractivity contribution in [2.75, 3.05) is 24.1 Å². The highest BCUT2D eigenvalue weighted by Gasteiger charge is 2.21. The molecule has 1 aliphatic rings. The molecule has 6 nitrogen and oxygen atoms in total. The Hall–Kier alpha value is -2.52. The van der Waals surface area contributed by atoms with Crippen LogP contribution in [0.15, 0.2) is 36.0 Å². The van der Waals surface area contributed by atoms with Crippen LogP contribution in [-0.4, -0.2) is 36.1 Å². The second kappa shape index (κ2) is 6.96. The van der Waals surface area contributed by atoms with E-state index in [0.717, 1.165) is 0 Å². The van der Waals surface area contributed by atoms with Gasteiger partial charge in [-0.1, -0.05) is 0 Å². The van der Waals surface area contributed by atoms with E-state index in [2.05, 4.69) is 5.32 Å². The number of carbonyl (C=O) groups excluding carboxylic acids is 1. The Morgan fingerprint density at radius 3 is 2.50 bits per heavy atom. The minimum atomic E-state index is -0.431. The van der Waals surface area contributed by atoms with Crippen LogP contribution in [0.1, 0.15) is 13.8 Å². The van der Waals surface area contributed by atoms with Crippen LogP contribution < -0.4 is 11.1 Å². The van der Waals surface area contributed by atoms with Gasteiger partial charge >= 0.3 is 0 Å². The van der Waals surface area contributed by atoms with Crippen LogP contribution in [-0.2, 0) is 9.53 Å². The van der Waals surface area contributed by atoms with Crippen molar-refractivity contribution in [1.82, 2.24) is 4.90 Å². The van der Waals surface area contributed by atoms with Crippen molar-refractivity contribution in [2.45, 2.75) is 26.1 Å². The van der Waals surface area contributed by atoms with E-state index in [9.17, 15) is 10.1 Å². The molecule has 1 amide bonds. The van der Waals surface area contributed by atoms with Gasteiger partial charge in [-0.05, 0) is 38.1 Å². The van der Waals surface area contributed by atoms with Crippen LogP contribution in [0.2, 0.25) is 0 Å². The molecular weight excluding hydrogens is 280 g/mol. The molecule has 22 heavy (non-hydrogen) atoms. The summed E-state index contributed by atoms with van der Waals surface area (Å²) >= 11 is 0. The summed E-state index contributed by atoms with van der Waals surface area (Å²) in [4.78, 5) is 14.1. The molecule has 2 unspecified atom stereocenters. The molecule has 0 bridgehead atoms. The summed E-state index contributed by atoms with van der Waals surface area (Å²) in [5.74, 6) is -0.431. The molecule has 0 spiro atoms. The summed E-state index contributed by atoms with van der Waals surface area (Å²) in [5, 5.41) is 11.9. The summed E-state index contributed by atoms with van der Waals surface area (Å²) in [6.45, 7) is 5.25. The van der Waals surface area contributed by atoms with Crippen LogP contribution in [0.25, 0.3) is 0 Å². The first-order valence-corrected chi connectivity index (χ1v) is 7.16. The number of nitrogens with one attached hydrogen (secondary N) is 1. The molecule has 0 aliphatic carbocycles. The Balaban J connectivity index is 2.06. The van der Waals surface area contributed by atoms with Gasteiger partial charge in [0.25, 0.3) is 5.91 Å². The third-order valence-electron chi connectivity index (χ3n) is 3.29. The Labute approximate surface area is 130 Å². The lowest BCUT2D eigenvalue weighted by Crippen LogP contribution is -2.43. The number of rotatable bonds is 3. The maximum atomic E-state index is 12.2. The number of hydrogen-bond acceptors (Lipinski definition) is 5. The van der Waals surface area contributed by atoms with E-state index in [1.807, 2.05) is 24.8 Å². The van der Waals surface area contributed by atoms with E-state index >= 15 is 0 Å². The van der Waals surface area contributed by atoms with Crippen molar-refractivity contribution in [3.63, 3.8) is 0 Å². The number of hydrogen-bond donors (Lipinski definition) is 2. The molecule has 0 radical (unpaired) electrons. The third-order valence-corrected chi connectivity index (χ3v) is 3.29. The topological polar surface area (TPSA) is 91.4 Å². The van der Waals surface area contributed by atoms with Gasteiger partial charge in [0.2, 0.25) is 0 Å². The minimum absolute atomic E-state index is 0.0677. The van der Waals surface area contributed by atoms with Crippen LogP contribution in [0.3, 0.4) is 0 Å². The van der Waals surface area contributed by atoms with Crippen LogP contribution >= 0.6 is 0 Å². The van der Waals surface area contributed by atoms with Crippen LogP contribution in [0.5, 0.6) is 0 Å². The number of morpholine rings is 1. The van der Waals surface area contributed by atoms with Gasteiger partial charge in [0.15, 0.2) is 0 Å². The fourth-order valence-corrected chi connectivity index (χ4v) is 2.41. The van der Waals surface area contributed by atoms with Crippen molar-refractivity contribution in [2.24, 2.45) is 0 Å². The third kappa shape index (κ3) is 4.24. The summed E-state index contributed by atoms with van der Waals surface area (Å²) < 4.78 is 5.63. The fourth-order valence-electron chi connectivity index (χ4n) is 2.41. The summed E-state index contributed by atoms with van der Waals surface area (Å²) in [7, 11) is 0. The number of carbonyl (C=O) groups is 1. The summed E-state index contributed by atoms with van der Waals surface area (Å²) in [6.07, 6.45) is 1.74. The van der Waals surface area contributed by atoms with E-state index < -0.39 is 5.91 Å². The Morgan fingerprint density at radius 1 is 1.36 bits per heavy atom. The molecule has 0 saturated carbocycles. The van der Waals surface area contributed by atoms with E-state index in [0.29, 0.717) is 24.5 Å². The smallest absolute Gasteiger partial charge is 0.267 e. The SMILES string of the molecule is CC1CN(/C=C(/C#N)C(=O)Nc2ccc(N)cc2)CC(C)O1. The maximum absolute atomic E-state index is 12.2. The fraction of sp³-hybridized carbons (Fsp3) is 0.375. The van der Waals surface area contributed by atoms with Gasteiger partial charge < -0.3 is 20.7 Å². The van der Waals surface area contributed by atoms with Gasteiger partial charge in [0.05, 0.1) is 12.2 Å². The lowest BCUT2D eigenvalue weighted by molar-refractivity contribution is -0.112. The lowest BCUT2D eigenvalue weighted by Gasteiger charge is -2.34. The summed E-state index contributed by atoms with van der Waals surface area (Å²) in [5.41, 5.74) is 6.88. The largest absolute Gasteiger partial charge is 0.399 e. The Bertz CT molecular complexity index is 594. The number of anilines is 2. The molecule has 2 rings (SSSR count). The number of nitrogens with zero attached hydrogens (tertiary/aromatic N) is 2. The normalized spacial score (nSPS) is 22.0. The van der Waals surface area contributed by atoms with E-state index in [1.165, 1.54) is 0 Å². The number of ether oxygens (including phenoxy) is 1. The van der Waals surface area contributed by atoms with Gasteiger partial charge in [-0.25, -0.2) is 0 Å².